The Kier molecular flexibility index (Phi) is 3.67. The van der Waals surface area contributed by atoms with Crippen LogP contribution in [0, 0.1) is 0 Å². The Balaban J connectivity index is 1.81. The first-order valence-electron chi connectivity index (χ1n) is 6.51. The largest absolute Gasteiger partial charge is 0.416 e. The number of carbonyl (C=O) groups excluding carboxylic acids is 1. The normalized spacial score (nSPS) is 11.5. The number of nitrogens with one attached hydrogen (secondary N) is 3. The maximum Gasteiger partial charge on any atom is 0.416 e. The van der Waals surface area contributed by atoms with Gasteiger partial charge in [-0.1, -0.05) is 6.07 Å². The monoisotopic (exact) mass is 338 g/mol. The van der Waals surface area contributed by atoms with Crippen LogP contribution in [-0.4, -0.2) is 30.9 Å². The molecule has 0 saturated carbocycles. The highest BCUT2D eigenvalue weighted by molar-refractivity contribution is 6.01. The van der Waals surface area contributed by atoms with E-state index in [9.17, 15) is 22.8 Å². The predicted molar refractivity (Wildman–Crippen MR) is 75.7 cm³/mol. The van der Waals surface area contributed by atoms with E-state index in [1.54, 1.807) is 0 Å². The maximum atomic E-state index is 12.7. The van der Waals surface area contributed by atoms with E-state index >= 15 is 0 Å². The average Bonchev–Trinajstić information content (AvgIpc) is 3.16. The molecule has 124 valence electrons. The Labute approximate surface area is 131 Å². The van der Waals surface area contributed by atoms with E-state index in [2.05, 4.69) is 20.5 Å². The third kappa shape index (κ3) is 3.19. The van der Waals surface area contributed by atoms with Crippen LogP contribution in [0.1, 0.15) is 16.2 Å². The number of hydrogen-bond donors (Lipinski definition) is 3. The third-order valence-corrected chi connectivity index (χ3v) is 2.99. The van der Waals surface area contributed by atoms with Gasteiger partial charge < -0.3 is 5.32 Å². The number of anilines is 1. The molecule has 1 aromatic carbocycles. The smallest absolute Gasteiger partial charge is 0.317 e. The first-order chi connectivity index (χ1) is 11.3. The van der Waals surface area contributed by atoms with Crippen LogP contribution in [0.3, 0.4) is 0 Å². The van der Waals surface area contributed by atoms with Crippen LogP contribution in [-0.2, 0) is 6.18 Å². The summed E-state index contributed by atoms with van der Waals surface area (Å²) in [5, 5.41) is 11.8. The van der Waals surface area contributed by atoms with Crippen LogP contribution < -0.4 is 11.0 Å². The van der Waals surface area contributed by atoms with E-state index in [0.29, 0.717) is 0 Å². The molecule has 0 spiro atoms. The molecule has 2 heterocycles. The minimum Gasteiger partial charge on any atom is -0.317 e. The summed E-state index contributed by atoms with van der Waals surface area (Å²) < 4.78 is 39.4. The lowest BCUT2D eigenvalue weighted by Gasteiger charge is -2.08. The SMILES string of the molecule is O=C(Nc1cnn(-c2cccc(C(F)(F)F)c2)c1)c1n[nH]c(=O)[nH]1. The molecule has 0 aliphatic heterocycles. The molecule has 3 N–H and O–H groups in total. The van der Waals surface area contributed by atoms with E-state index in [4.69, 9.17) is 0 Å². The lowest BCUT2D eigenvalue weighted by Crippen LogP contribution is -2.14. The van der Waals surface area contributed by atoms with Crippen molar-refractivity contribution in [2.45, 2.75) is 6.18 Å². The third-order valence-electron chi connectivity index (χ3n) is 2.99. The topological polar surface area (TPSA) is 108 Å². The number of amides is 1. The molecule has 0 atom stereocenters. The first-order valence-corrected chi connectivity index (χ1v) is 6.51. The van der Waals surface area contributed by atoms with Gasteiger partial charge in [-0.3, -0.25) is 9.78 Å². The Morgan fingerprint density at radius 2 is 2.08 bits per heavy atom. The molecule has 1 amide bonds. The molecule has 0 bridgehead atoms. The van der Waals surface area contributed by atoms with E-state index in [1.807, 2.05) is 5.10 Å². The maximum absolute atomic E-state index is 12.7. The Bertz CT molecular complexity index is 939. The van der Waals surface area contributed by atoms with Crippen molar-refractivity contribution in [3.8, 4) is 5.69 Å². The number of aromatic nitrogens is 5. The second-order valence-electron chi connectivity index (χ2n) is 4.70. The number of aromatic amines is 2. The van der Waals surface area contributed by atoms with Crippen molar-refractivity contribution in [3.63, 3.8) is 0 Å². The summed E-state index contributed by atoms with van der Waals surface area (Å²) in [6.07, 6.45) is -1.88. The number of alkyl halides is 3. The summed E-state index contributed by atoms with van der Waals surface area (Å²) in [7, 11) is 0. The fraction of sp³-hybridized carbons (Fsp3) is 0.0769. The molecular formula is C13H9F3N6O2. The van der Waals surface area contributed by atoms with Gasteiger partial charge in [0.15, 0.2) is 0 Å². The van der Waals surface area contributed by atoms with Gasteiger partial charge in [0.05, 0.1) is 29.3 Å². The molecule has 0 fully saturated rings. The summed E-state index contributed by atoms with van der Waals surface area (Å²) in [5.41, 5.74) is -1.05. The van der Waals surface area contributed by atoms with E-state index in [-0.39, 0.29) is 17.2 Å². The Morgan fingerprint density at radius 3 is 2.75 bits per heavy atom. The highest BCUT2D eigenvalue weighted by Gasteiger charge is 2.30. The second kappa shape index (κ2) is 5.68. The van der Waals surface area contributed by atoms with Gasteiger partial charge in [0.25, 0.3) is 5.91 Å². The van der Waals surface area contributed by atoms with Crippen LogP contribution >= 0.6 is 0 Å². The van der Waals surface area contributed by atoms with Crippen LogP contribution in [0.15, 0.2) is 41.5 Å². The molecule has 3 aromatic rings. The first kappa shape index (κ1) is 15.5. The molecule has 3 rings (SSSR count). The minimum absolute atomic E-state index is 0.179. The van der Waals surface area contributed by atoms with Gasteiger partial charge in [0.2, 0.25) is 5.82 Å². The number of rotatable bonds is 3. The van der Waals surface area contributed by atoms with Gasteiger partial charge >= 0.3 is 11.9 Å². The van der Waals surface area contributed by atoms with Gasteiger partial charge in [0.1, 0.15) is 0 Å². The van der Waals surface area contributed by atoms with E-state index in [0.717, 1.165) is 12.1 Å². The van der Waals surface area contributed by atoms with Crippen molar-refractivity contribution in [3.05, 3.63) is 58.5 Å². The summed E-state index contributed by atoms with van der Waals surface area (Å²) >= 11 is 0. The van der Waals surface area contributed by atoms with Gasteiger partial charge in [-0.15, -0.1) is 5.10 Å². The van der Waals surface area contributed by atoms with Gasteiger partial charge in [0, 0.05) is 0 Å². The number of H-pyrrole nitrogens is 2. The number of carbonyl (C=O) groups is 1. The molecule has 0 radical (unpaired) electrons. The van der Waals surface area contributed by atoms with Crippen LogP contribution in [0.25, 0.3) is 5.69 Å². The van der Waals surface area contributed by atoms with Crippen molar-refractivity contribution in [2.75, 3.05) is 5.32 Å². The molecule has 0 aliphatic rings. The molecule has 11 heteroatoms. The second-order valence-corrected chi connectivity index (χ2v) is 4.70. The van der Waals surface area contributed by atoms with Crippen molar-refractivity contribution in [1.82, 2.24) is 25.0 Å². The fourth-order valence-electron chi connectivity index (χ4n) is 1.92. The van der Waals surface area contributed by atoms with Crippen LogP contribution in [0.2, 0.25) is 0 Å². The molecule has 24 heavy (non-hydrogen) atoms. The van der Waals surface area contributed by atoms with Gasteiger partial charge in [-0.25, -0.2) is 14.6 Å². The number of hydrogen-bond acceptors (Lipinski definition) is 4. The number of nitrogens with zero attached hydrogens (tertiary/aromatic N) is 3. The van der Waals surface area contributed by atoms with Crippen LogP contribution in [0.5, 0.6) is 0 Å². The average molecular weight is 338 g/mol. The zero-order valence-corrected chi connectivity index (χ0v) is 11.8. The fourth-order valence-corrected chi connectivity index (χ4v) is 1.92. The quantitative estimate of drug-likeness (QED) is 0.673. The molecule has 0 unspecified atom stereocenters. The summed E-state index contributed by atoms with van der Waals surface area (Å²) in [4.78, 5) is 24.9. The van der Waals surface area contributed by atoms with Crippen molar-refractivity contribution in [2.24, 2.45) is 0 Å². The molecule has 0 aliphatic carbocycles. The Morgan fingerprint density at radius 1 is 1.29 bits per heavy atom. The molecular weight excluding hydrogens is 329 g/mol. The van der Waals surface area contributed by atoms with E-state index in [1.165, 1.54) is 29.2 Å². The highest BCUT2D eigenvalue weighted by atomic mass is 19.4. The van der Waals surface area contributed by atoms with Crippen molar-refractivity contribution in [1.29, 1.82) is 0 Å². The lowest BCUT2D eigenvalue weighted by molar-refractivity contribution is -0.137. The number of benzene rings is 1. The van der Waals surface area contributed by atoms with Gasteiger partial charge in [-0.2, -0.15) is 18.3 Å². The van der Waals surface area contributed by atoms with Crippen molar-refractivity contribution < 1.29 is 18.0 Å². The summed E-state index contributed by atoms with van der Waals surface area (Å²) in [5.74, 6) is -0.927. The number of halogens is 3. The van der Waals surface area contributed by atoms with Crippen molar-refractivity contribution >= 4 is 11.6 Å². The van der Waals surface area contributed by atoms with Crippen LogP contribution in [0.4, 0.5) is 18.9 Å². The minimum atomic E-state index is -4.47. The van der Waals surface area contributed by atoms with Gasteiger partial charge in [-0.05, 0) is 18.2 Å². The highest BCUT2D eigenvalue weighted by Crippen LogP contribution is 2.30. The standard InChI is InChI=1S/C13H9F3N6O2/c14-13(15,16)7-2-1-3-9(4-7)22-6-8(5-17-22)18-11(23)10-19-12(24)21-20-10/h1-6H,(H,18,23)(H2,19,20,21,24). The van der Waals surface area contributed by atoms with E-state index < -0.39 is 23.3 Å². The molecule has 0 saturated heterocycles. The summed E-state index contributed by atoms with van der Waals surface area (Å²) in [6, 6.07) is 4.58. The Hall–Kier alpha value is -3.37. The molecule has 2 aromatic heterocycles. The zero-order valence-electron chi connectivity index (χ0n) is 11.8. The zero-order chi connectivity index (χ0) is 17.3. The summed E-state index contributed by atoms with van der Waals surface area (Å²) in [6.45, 7) is 0. The molecule has 8 nitrogen and oxygen atoms in total. The predicted octanol–water partition coefficient (Wildman–Crippen LogP) is 1.55. The lowest BCUT2D eigenvalue weighted by atomic mass is 10.2.